The van der Waals surface area contributed by atoms with Gasteiger partial charge in [-0.05, 0) is 54.5 Å². The standard InChI is InChI=1S/C23H20ClN3O7S/c1-13-12-35-22-19(25-18(28)11-33-17-8-4-15(24)5-9-17)21(29)26(22)20(13)23(30)34-10-14-2-6-16(7-3-14)27(31)32/h2-9,19,22H,10-12H2,1H3,(H,25,28)/t19?,22-/m0/s1. The number of fused-ring (bicyclic) bond motifs is 1. The van der Waals surface area contributed by atoms with Crippen molar-refractivity contribution in [2.45, 2.75) is 24.9 Å². The number of hydrogen-bond acceptors (Lipinski definition) is 8. The number of nitrogens with one attached hydrogen (secondary N) is 1. The van der Waals surface area contributed by atoms with Crippen LogP contribution in [0.1, 0.15) is 12.5 Å². The zero-order valence-corrected chi connectivity index (χ0v) is 20.0. The molecule has 4 rings (SSSR count). The van der Waals surface area contributed by atoms with E-state index in [1.807, 2.05) is 0 Å². The minimum Gasteiger partial charge on any atom is -0.484 e. The molecule has 2 aliphatic rings. The predicted molar refractivity (Wildman–Crippen MR) is 128 cm³/mol. The SMILES string of the molecule is CC1=C(C(=O)OCc2ccc([N+](=O)[O-])cc2)N2C(=O)C(NC(=O)COc3ccc(Cl)cc3)[C@@H]2SC1. The molecule has 1 unspecified atom stereocenters. The molecule has 10 nitrogen and oxygen atoms in total. The van der Waals surface area contributed by atoms with E-state index in [1.165, 1.54) is 40.9 Å². The van der Waals surface area contributed by atoms with E-state index in [-0.39, 0.29) is 24.6 Å². The fourth-order valence-corrected chi connectivity index (χ4v) is 5.01. The Balaban J connectivity index is 1.33. The first-order valence-corrected chi connectivity index (χ1v) is 11.9. The van der Waals surface area contributed by atoms with Gasteiger partial charge >= 0.3 is 5.97 Å². The van der Waals surface area contributed by atoms with Crippen molar-refractivity contribution in [3.05, 3.63) is 80.5 Å². The van der Waals surface area contributed by atoms with E-state index in [2.05, 4.69) is 5.32 Å². The number of carbonyl (C=O) groups is 3. The van der Waals surface area contributed by atoms with Crippen molar-refractivity contribution in [3.8, 4) is 5.75 Å². The molecule has 35 heavy (non-hydrogen) atoms. The number of carbonyl (C=O) groups excluding carboxylic acids is 3. The smallest absolute Gasteiger partial charge is 0.355 e. The topological polar surface area (TPSA) is 128 Å². The van der Waals surface area contributed by atoms with Crippen LogP contribution < -0.4 is 10.1 Å². The van der Waals surface area contributed by atoms with Gasteiger partial charge < -0.3 is 14.8 Å². The van der Waals surface area contributed by atoms with E-state index in [0.717, 1.165) is 0 Å². The lowest BCUT2D eigenvalue weighted by molar-refractivity contribution is -0.384. The summed E-state index contributed by atoms with van der Waals surface area (Å²) in [6.07, 6.45) is 0. The molecule has 0 bridgehead atoms. The predicted octanol–water partition coefficient (Wildman–Crippen LogP) is 3.04. The minimum atomic E-state index is -0.785. The van der Waals surface area contributed by atoms with Crippen LogP contribution in [0.4, 0.5) is 5.69 Å². The van der Waals surface area contributed by atoms with Crippen LogP contribution >= 0.6 is 23.4 Å². The van der Waals surface area contributed by atoms with Crippen LogP contribution in [0.3, 0.4) is 0 Å². The van der Waals surface area contributed by atoms with E-state index in [1.54, 1.807) is 31.2 Å². The lowest BCUT2D eigenvalue weighted by Crippen LogP contribution is -2.70. The van der Waals surface area contributed by atoms with Gasteiger partial charge in [0.2, 0.25) is 0 Å². The Morgan fingerprint density at radius 3 is 2.54 bits per heavy atom. The summed E-state index contributed by atoms with van der Waals surface area (Å²) in [6, 6.07) is 11.4. The number of rotatable bonds is 8. The highest BCUT2D eigenvalue weighted by atomic mass is 35.5. The van der Waals surface area contributed by atoms with Crippen LogP contribution in [0.5, 0.6) is 5.75 Å². The summed E-state index contributed by atoms with van der Waals surface area (Å²) >= 11 is 7.26. The normalized spacial score (nSPS) is 18.9. The molecular weight excluding hydrogens is 498 g/mol. The van der Waals surface area contributed by atoms with Gasteiger partial charge in [0.1, 0.15) is 29.5 Å². The number of nitro benzene ring substituents is 1. The van der Waals surface area contributed by atoms with Crippen molar-refractivity contribution in [3.63, 3.8) is 0 Å². The van der Waals surface area contributed by atoms with E-state index in [4.69, 9.17) is 21.1 Å². The molecule has 2 amide bonds. The lowest BCUT2D eigenvalue weighted by atomic mass is 10.0. The number of benzene rings is 2. The molecule has 2 heterocycles. The first-order valence-electron chi connectivity index (χ1n) is 10.5. The highest BCUT2D eigenvalue weighted by Crippen LogP contribution is 2.40. The van der Waals surface area contributed by atoms with Gasteiger partial charge in [0, 0.05) is 22.9 Å². The van der Waals surface area contributed by atoms with Gasteiger partial charge in [-0.3, -0.25) is 24.6 Å². The van der Waals surface area contributed by atoms with Crippen molar-refractivity contribution in [2.75, 3.05) is 12.4 Å². The molecule has 1 fully saturated rings. The first kappa shape index (κ1) is 24.6. The van der Waals surface area contributed by atoms with Crippen LogP contribution in [-0.4, -0.2) is 51.4 Å². The van der Waals surface area contributed by atoms with Crippen molar-refractivity contribution in [1.82, 2.24) is 10.2 Å². The number of hydrogen-bond donors (Lipinski definition) is 1. The van der Waals surface area contributed by atoms with E-state index < -0.39 is 34.1 Å². The molecule has 0 aromatic heterocycles. The van der Waals surface area contributed by atoms with Crippen molar-refractivity contribution < 1.29 is 28.8 Å². The number of nitrogens with zero attached hydrogens (tertiary/aromatic N) is 2. The maximum Gasteiger partial charge on any atom is 0.355 e. The Labute approximate surface area is 209 Å². The molecule has 1 N–H and O–H groups in total. The maximum atomic E-state index is 12.8. The summed E-state index contributed by atoms with van der Waals surface area (Å²) in [5, 5.41) is 13.5. The average molecular weight is 518 g/mol. The van der Waals surface area contributed by atoms with E-state index >= 15 is 0 Å². The average Bonchev–Trinajstić information content (AvgIpc) is 2.85. The quantitative estimate of drug-likeness (QED) is 0.245. The van der Waals surface area contributed by atoms with Crippen LogP contribution in [0, 0.1) is 10.1 Å². The van der Waals surface area contributed by atoms with Crippen LogP contribution in [0.2, 0.25) is 5.02 Å². The number of non-ortho nitro benzene ring substituents is 1. The Hall–Kier alpha value is -3.57. The summed E-state index contributed by atoms with van der Waals surface area (Å²) in [5.41, 5.74) is 1.35. The third kappa shape index (κ3) is 5.41. The Bertz CT molecular complexity index is 1200. The summed E-state index contributed by atoms with van der Waals surface area (Å²) in [6.45, 7) is 1.36. The minimum absolute atomic E-state index is 0.0661. The Kier molecular flexibility index (Phi) is 7.27. The number of thioether (sulfide) groups is 1. The summed E-state index contributed by atoms with van der Waals surface area (Å²) in [5.74, 6) is -0.592. The fourth-order valence-electron chi connectivity index (χ4n) is 3.59. The zero-order chi connectivity index (χ0) is 25.1. The van der Waals surface area contributed by atoms with Gasteiger partial charge in [0.25, 0.3) is 17.5 Å². The van der Waals surface area contributed by atoms with Gasteiger partial charge in [-0.15, -0.1) is 11.8 Å². The van der Waals surface area contributed by atoms with Gasteiger partial charge in [0.15, 0.2) is 6.61 Å². The van der Waals surface area contributed by atoms with Crippen LogP contribution in [0.25, 0.3) is 0 Å². The van der Waals surface area contributed by atoms with Crippen molar-refractivity contribution >= 4 is 46.8 Å². The molecule has 0 radical (unpaired) electrons. The highest BCUT2D eigenvalue weighted by Gasteiger charge is 2.54. The summed E-state index contributed by atoms with van der Waals surface area (Å²) < 4.78 is 10.8. The third-order valence-corrected chi connectivity index (χ3v) is 7.05. The molecule has 1 saturated heterocycles. The molecule has 0 spiro atoms. The number of nitro groups is 1. The molecule has 2 aromatic rings. The number of ether oxygens (including phenoxy) is 2. The molecular formula is C23H20ClN3O7S. The third-order valence-electron chi connectivity index (χ3n) is 5.37. The number of amides is 2. The van der Waals surface area contributed by atoms with Crippen molar-refractivity contribution in [2.24, 2.45) is 0 Å². The van der Waals surface area contributed by atoms with E-state index in [0.29, 0.717) is 27.7 Å². The monoisotopic (exact) mass is 517 g/mol. The summed E-state index contributed by atoms with van der Waals surface area (Å²) in [4.78, 5) is 49.5. The largest absolute Gasteiger partial charge is 0.484 e. The molecule has 2 atom stereocenters. The lowest BCUT2D eigenvalue weighted by Gasteiger charge is -2.49. The molecule has 0 saturated carbocycles. The second kappa shape index (κ2) is 10.4. The van der Waals surface area contributed by atoms with Crippen LogP contribution in [0.15, 0.2) is 59.8 Å². The molecule has 182 valence electrons. The molecule has 0 aliphatic carbocycles. The van der Waals surface area contributed by atoms with E-state index in [9.17, 15) is 24.5 Å². The Morgan fingerprint density at radius 2 is 1.89 bits per heavy atom. The second-order valence-electron chi connectivity index (χ2n) is 7.83. The number of β-lactam (4-membered cyclic amide) rings is 1. The maximum absolute atomic E-state index is 12.8. The highest BCUT2D eigenvalue weighted by molar-refractivity contribution is 8.00. The van der Waals surface area contributed by atoms with Gasteiger partial charge in [-0.2, -0.15) is 0 Å². The van der Waals surface area contributed by atoms with Crippen LogP contribution in [-0.2, 0) is 25.7 Å². The Morgan fingerprint density at radius 1 is 1.20 bits per heavy atom. The molecule has 2 aromatic carbocycles. The second-order valence-corrected chi connectivity index (χ2v) is 9.37. The van der Waals surface area contributed by atoms with Gasteiger partial charge in [-0.1, -0.05) is 11.6 Å². The van der Waals surface area contributed by atoms with Crippen molar-refractivity contribution in [1.29, 1.82) is 0 Å². The molecule has 12 heteroatoms. The summed E-state index contributed by atoms with van der Waals surface area (Å²) in [7, 11) is 0. The number of esters is 1. The van der Waals surface area contributed by atoms with Gasteiger partial charge in [0.05, 0.1) is 4.92 Å². The fraction of sp³-hybridized carbons (Fsp3) is 0.261. The van der Waals surface area contributed by atoms with Gasteiger partial charge in [-0.25, -0.2) is 4.79 Å². The zero-order valence-electron chi connectivity index (χ0n) is 18.4. The molecule has 2 aliphatic heterocycles. The number of halogens is 1. The first-order chi connectivity index (χ1) is 16.7.